The van der Waals surface area contributed by atoms with Crippen molar-refractivity contribution < 1.29 is 4.52 Å². The summed E-state index contributed by atoms with van der Waals surface area (Å²) in [5.74, 6) is 1.72. The van der Waals surface area contributed by atoms with Crippen molar-refractivity contribution in [3.05, 3.63) is 41.8 Å². The number of pyridine rings is 1. The molecule has 2 heterocycles. The molecule has 20 heavy (non-hydrogen) atoms. The van der Waals surface area contributed by atoms with Gasteiger partial charge in [-0.3, -0.25) is 0 Å². The molecule has 5 heteroatoms. The molecule has 0 fully saturated rings. The second-order valence-electron chi connectivity index (χ2n) is 4.65. The van der Waals surface area contributed by atoms with Gasteiger partial charge in [0.15, 0.2) is 0 Å². The third kappa shape index (κ3) is 2.51. The maximum absolute atomic E-state index is 5.66. The van der Waals surface area contributed by atoms with Gasteiger partial charge in [0.2, 0.25) is 11.7 Å². The highest BCUT2D eigenvalue weighted by Gasteiger charge is 2.11. The van der Waals surface area contributed by atoms with Gasteiger partial charge in [0, 0.05) is 17.7 Å². The lowest BCUT2D eigenvalue weighted by Gasteiger charge is -2.03. The van der Waals surface area contributed by atoms with Crippen LogP contribution in [0.25, 0.3) is 22.4 Å². The summed E-state index contributed by atoms with van der Waals surface area (Å²) in [5.41, 5.74) is 2.83. The number of hydrogen-bond donors (Lipinski definition) is 0. The average molecular weight is 288 g/mol. The molecule has 102 valence electrons. The van der Waals surface area contributed by atoms with Gasteiger partial charge in [-0.2, -0.15) is 4.98 Å². The molecule has 0 spiro atoms. The molecule has 0 saturated heterocycles. The largest absolute Gasteiger partial charge is 0.339 e. The van der Waals surface area contributed by atoms with Gasteiger partial charge in [-0.1, -0.05) is 23.4 Å². The van der Waals surface area contributed by atoms with E-state index in [9.17, 15) is 0 Å². The number of aromatic nitrogens is 3. The van der Waals surface area contributed by atoms with Crippen molar-refractivity contribution in [2.45, 2.75) is 19.8 Å². The van der Waals surface area contributed by atoms with Crippen LogP contribution in [0.5, 0.6) is 0 Å². The first-order chi connectivity index (χ1) is 9.78. The van der Waals surface area contributed by atoms with E-state index in [-0.39, 0.29) is 0 Å². The molecule has 0 unspecified atom stereocenters. The van der Waals surface area contributed by atoms with E-state index >= 15 is 0 Å². The Bertz CT molecular complexity index is 739. The van der Waals surface area contributed by atoms with Crippen LogP contribution >= 0.6 is 11.6 Å². The van der Waals surface area contributed by atoms with E-state index in [1.807, 2.05) is 24.3 Å². The molecule has 0 aliphatic rings. The summed E-state index contributed by atoms with van der Waals surface area (Å²) in [6.07, 6.45) is 1.52. The second kappa shape index (κ2) is 5.59. The summed E-state index contributed by atoms with van der Waals surface area (Å²) in [6.45, 7) is 2.06. The third-order valence-corrected chi connectivity index (χ3v) is 3.41. The molecule has 3 rings (SSSR count). The highest BCUT2D eigenvalue weighted by molar-refractivity contribution is 6.17. The minimum absolute atomic E-state index is 0.531. The number of halogens is 1. The fourth-order valence-electron chi connectivity index (χ4n) is 2.14. The van der Waals surface area contributed by atoms with Crippen LogP contribution in [0.15, 0.2) is 34.9 Å². The molecule has 0 N–H and O–H groups in total. The molecule has 1 aromatic carbocycles. The normalized spacial score (nSPS) is 11.1. The first-order valence-electron chi connectivity index (χ1n) is 6.53. The van der Waals surface area contributed by atoms with E-state index in [1.54, 1.807) is 0 Å². The molecule has 0 saturated carbocycles. The summed E-state index contributed by atoms with van der Waals surface area (Å²) in [5, 5.41) is 5.14. The fourth-order valence-corrected chi connectivity index (χ4v) is 2.28. The Balaban J connectivity index is 1.99. The van der Waals surface area contributed by atoms with Crippen LogP contribution in [0.2, 0.25) is 0 Å². The first kappa shape index (κ1) is 13.1. The lowest BCUT2D eigenvalue weighted by atomic mass is 10.1. The maximum atomic E-state index is 5.66. The molecule has 3 aromatic rings. The van der Waals surface area contributed by atoms with E-state index in [2.05, 4.69) is 28.1 Å². The topological polar surface area (TPSA) is 51.8 Å². The van der Waals surface area contributed by atoms with Crippen molar-refractivity contribution in [1.29, 1.82) is 0 Å². The van der Waals surface area contributed by atoms with Crippen LogP contribution in [-0.4, -0.2) is 21.0 Å². The van der Waals surface area contributed by atoms with E-state index in [4.69, 9.17) is 16.1 Å². The van der Waals surface area contributed by atoms with Crippen molar-refractivity contribution in [2.24, 2.45) is 0 Å². The average Bonchev–Trinajstić information content (AvgIpc) is 2.94. The first-order valence-corrected chi connectivity index (χ1v) is 7.06. The molecule has 0 amide bonds. The number of rotatable bonds is 4. The number of para-hydroxylation sites is 1. The Labute approximate surface area is 121 Å². The summed E-state index contributed by atoms with van der Waals surface area (Å²) in [6, 6.07) is 10.0. The maximum Gasteiger partial charge on any atom is 0.227 e. The van der Waals surface area contributed by atoms with Crippen LogP contribution in [0, 0.1) is 6.92 Å². The zero-order valence-corrected chi connectivity index (χ0v) is 11.9. The molecule has 0 aliphatic heterocycles. The monoisotopic (exact) mass is 287 g/mol. The Hall–Kier alpha value is -1.94. The molecule has 0 bridgehead atoms. The lowest BCUT2D eigenvalue weighted by Crippen LogP contribution is -1.91. The minimum Gasteiger partial charge on any atom is -0.339 e. The predicted molar refractivity (Wildman–Crippen MR) is 78.8 cm³/mol. The van der Waals surface area contributed by atoms with E-state index in [0.29, 0.717) is 24.0 Å². The number of alkyl halides is 1. The summed E-state index contributed by atoms with van der Waals surface area (Å²) < 4.78 is 5.21. The van der Waals surface area contributed by atoms with Crippen molar-refractivity contribution >= 4 is 22.5 Å². The second-order valence-corrected chi connectivity index (χ2v) is 5.02. The van der Waals surface area contributed by atoms with Gasteiger partial charge in [0.25, 0.3) is 0 Å². The molecular formula is C15H14ClN3O. The van der Waals surface area contributed by atoms with Crippen molar-refractivity contribution in [2.75, 3.05) is 5.88 Å². The van der Waals surface area contributed by atoms with Crippen molar-refractivity contribution in [3.8, 4) is 11.5 Å². The number of aryl methyl sites for hydroxylation is 2. The molecule has 0 radical (unpaired) electrons. The number of hydrogen-bond acceptors (Lipinski definition) is 4. The molecule has 0 aliphatic carbocycles. The Morgan fingerprint density at radius 1 is 1.20 bits per heavy atom. The van der Waals surface area contributed by atoms with Crippen LogP contribution in [0.1, 0.15) is 17.9 Å². The molecule has 2 aromatic heterocycles. The quantitative estimate of drug-likeness (QED) is 0.686. The van der Waals surface area contributed by atoms with Crippen molar-refractivity contribution in [1.82, 2.24) is 15.1 Å². The van der Waals surface area contributed by atoms with E-state index in [1.165, 1.54) is 0 Å². The van der Waals surface area contributed by atoms with E-state index in [0.717, 1.165) is 28.6 Å². The highest BCUT2D eigenvalue weighted by atomic mass is 35.5. The van der Waals surface area contributed by atoms with Crippen LogP contribution in [-0.2, 0) is 6.42 Å². The number of nitrogens with zero attached hydrogens (tertiary/aromatic N) is 3. The van der Waals surface area contributed by atoms with Crippen molar-refractivity contribution in [3.63, 3.8) is 0 Å². The number of benzene rings is 1. The fraction of sp³-hybridized carbons (Fsp3) is 0.267. The lowest BCUT2D eigenvalue weighted by molar-refractivity contribution is 0.378. The smallest absolute Gasteiger partial charge is 0.227 e. The van der Waals surface area contributed by atoms with Gasteiger partial charge in [0.05, 0.1) is 5.52 Å². The zero-order valence-electron chi connectivity index (χ0n) is 11.1. The summed E-state index contributed by atoms with van der Waals surface area (Å²) >= 11 is 5.66. The molecule has 4 nitrogen and oxygen atoms in total. The van der Waals surface area contributed by atoms with Crippen LogP contribution < -0.4 is 0 Å². The Morgan fingerprint density at radius 2 is 2.05 bits per heavy atom. The third-order valence-electron chi connectivity index (χ3n) is 3.14. The Morgan fingerprint density at radius 3 is 2.90 bits per heavy atom. The highest BCUT2D eigenvalue weighted by Crippen LogP contribution is 2.22. The van der Waals surface area contributed by atoms with Gasteiger partial charge in [-0.05, 0) is 31.0 Å². The van der Waals surface area contributed by atoms with Gasteiger partial charge in [-0.15, -0.1) is 11.6 Å². The van der Waals surface area contributed by atoms with Gasteiger partial charge < -0.3 is 4.52 Å². The zero-order chi connectivity index (χ0) is 13.9. The van der Waals surface area contributed by atoms with Crippen LogP contribution in [0.3, 0.4) is 0 Å². The molecule has 0 atom stereocenters. The predicted octanol–water partition coefficient (Wildman–Crippen LogP) is 3.76. The standard InChI is InChI=1S/C15H14ClN3O/c1-10-9-13(17-12-6-3-2-5-11(10)12)15-18-14(20-19-15)7-4-8-16/h2-3,5-6,9H,4,7-8H2,1H3. The van der Waals surface area contributed by atoms with Gasteiger partial charge in [0.1, 0.15) is 5.69 Å². The minimum atomic E-state index is 0.531. The summed E-state index contributed by atoms with van der Waals surface area (Å²) in [7, 11) is 0. The Kier molecular flexibility index (Phi) is 3.65. The summed E-state index contributed by atoms with van der Waals surface area (Å²) in [4.78, 5) is 8.96. The van der Waals surface area contributed by atoms with E-state index < -0.39 is 0 Å². The van der Waals surface area contributed by atoms with Crippen LogP contribution in [0.4, 0.5) is 0 Å². The number of fused-ring (bicyclic) bond motifs is 1. The molecular weight excluding hydrogens is 274 g/mol. The van der Waals surface area contributed by atoms with Gasteiger partial charge in [-0.25, -0.2) is 4.98 Å². The van der Waals surface area contributed by atoms with Gasteiger partial charge >= 0.3 is 0 Å². The SMILES string of the molecule is Cc1cc(-c2noc(CCCCl)n2)nc2ccccc12.